The van der Waals surface area contributed by atoms with Crippen molar-refractivity contribution in [2.75, 3.05) is 11.1 Å². The van der Waals surface area contributed by atoms with E-state index < -0.39 is 0 Å². The molecule has 1 heterocycles. The maximum Gasteiger partial charge on any atom is 0.234 e. The number of amides is 1. The number of carbonyl (C=O) groups is 1. The zero-order valence-electron chi connectivity index (χ0n) is 13.2. The number of phenols is 1. The van der Waals surface area contributed by atoms with Gasteiger partial charge < -0.3 is 10.4 Å². The average molecular weight is 376 g/mol. The van der Waals surface area contributed by atoms with E-state index in [1.807, 2.05) is 31.2 Å². The fourth-order valence-electron chi connectivity index (χ4n) is 2.04. The van der Waals surface area contributed by atoms with Crippen molar-refractivity contribution in [3.05, 3.63) is 53.1 Å². The second-order valence-electron chi connectivity index (χ2n) is 5.21. The first-order valence-corrected chi connectivity index (χ1v) is 8.66. The first-order valence-electron chi connectivity index (χ1n) is 7.29. The molecule has 0 saturated heterocycles. The first kappa shape index (κ1) is 17.2. The van der Waals surface area contributed by atoms with Gasteiger partial charge >= 0.3 is 0 Å². The summed E-state index contributed by atoms with van der Waals surface area (Å²) >= 11 is 7.05. The second kappa shape index (κ2) is 7.54. The van der Waals surface area contributed by atoms with Crippen molar-refractivity contribution in [2.45, 2.75) is 12.1 Å². The van der Waals surface area contributed by atoms with Gasteiger partial charge in [-0.25, -0.2) is 0 Å². The van der Waals surface area contributed by atoms with Crippen LogP contribution >= 0.6 is 23.4 Å². The highest BCUT2D eigenvalue weighted by Gasteiger charge is 2.13. The van der Waals surface area contributed by atoms with Crippen LogP contribution < -0.4 is 5.32 Å². The Morgan fingerprint density at radius 3 is 2.80 bits per heavy atom. The topological polar surface area (TPSA) is 92.9 Å². The van der Waals surface area contributed by atoms with Crippen LogP contribution in [0.25, 0.3) is 5.69 Å². The number of carbonyl (C=O) groups excluding carboxylic acids is 1. The van der Waals surface area contributed by atoms with Crippen LogP contribution in [0, 0.1) is 6.92 Å². The summed E-state index contributed by atoms with van der Waals surface area (Å²) in [5, 5.41) is 24.8. The SMILES string of the molecule is Cc1ccc(-n2nnnc2SCC(=O)Nc2cc(Cl)ccc2O)cc1. The highest BCUT2D eigenvalue weighted by atomic mass is 35.5. The molecule has 1 amide bonds. The molecule has 2 aromatic carbocycles. The molecule has 3 aromatic rings. The molecule has 0 bridgehead atoms. The lowest BCUT2D eigenvalue weighted by molar-refractivity contribution is -0.113. The van der Waals surface area contributed by atoms with Crippen molar-refractivity contribution < 1.29 is 9.90 Å². The number of benzene rings is 2. The molecule has 0 radical (unpaired) electrons. The largest absolute Gasteiger partial charge is 0.506 e. The average Bonchev–Trinajstić information content (AvgIpc) is 3.05. The standard InChI is InChI=1S/C16H14ClN5O2S/c1-10-2-5-12(6-3-10)22-16(19-20-21-22)25-9-15(24)18-13-8-11(17)4-7-14(13)23/h2-8,23H,9H2,1H3,(H,18,24). The molecule has 0 aliphatic carbocycles. The van der Waals surface area contributed by atoms with Gasteiger partial charge in [-0.3, -0.25) is 4.79 Å². The van der Waals surface area contributed by atoms with Gasteiger partial charge in [0.2, 0.25) is 11.1 Å². The molecule has 0 aliphatic heterocycles. The van der Waals surface area contributed by atoms with E-state index in [9.17, 15) is 9.90 Å². The van der Waals surface area contributed by atoms with Crippen molar-refractivity contribution in [1.82, 2.24) is 20.2 Å². The Kier molecular flexibility index (Phi) is 5.20. The van der Waals surface area contributed by atoms with Crippen LogP contribution in [0.5, 0.6) is 5.75 Å². The van der Waals surface area contributed by atoms with Gasteiger partial charge in [-0.2, -0.15) is 4.68 Å². The number of hydrogen-bond acceptors (Lipinski definition) is 6. The predicted octanol–water partition coefficient (Wildman–Crippen LogP) is 3.06. The van der Waals surface area contributed by atoms with Gasteiger partial charge in [-0.15, -0.1) is 5.10 Å². The highest BCUT2D eigenvalue weighted by Crippen LogP contribution is 2.27. The zero-order chi connectivity index (χ0) is 17.8. The summed E-state index contributed by atoms with van der Waals surface area (Å²) in [5.41, 5.74) is 2.20. The molecule has 128 valence electrons. The molecule has 25 heavy (non-hydrogen) atoms. The summed E-state index contributed by atoms with van der Waals surface area (Å²) in [6.07, 6.45) is 0. The molecular formula is C16H14ClN5O2S. The molecular weight excluding hydrogens is 362 g/mol. The molecule has 1 aromatic heterocycles. The van der Waals surface area contributed by atoms with E-state index in [0.29, 0.717) is 10.2 Å². The van der Waals surface area contributed by atoms with Crippen LogP contribution in [0.2, 0.25) is 5.02 Å². The van der Waals surface area contributed by atoms with E-state index >= 15 is 0 Å². The van der Waals surface area contributed by atoms with Crippen molar-refractivity contribution in [1.29, 1.82) is 0 Å². The van der Waals surface area contributed by atoms with E-state index in [4.69, 9.17) is 11.6 Å². The summed E-state index contributed by atoms with van der Waals surface area (Å²) in [6, 6.07) is 12.2. The van der Waals surface area contributed by atoms with Crippen LogP contribution in [0.1, 0.15) is 5.56 Å². The first-order chi connectivity index (χ1) is 12.0. The van der Waals surface area contributed by atoms with Gasteiger partial charge in [0.1, 0.15) is 5.75 Å². The molecule has 0 atom stereocenters. The third-order valence-corrected chi connectivity index (χ3v) is 4.44. The molecule has 0 fully saturated rings. The summed E-state index contributed by atoms with van der Waals surface area (Å²) in [4.78, 5) is 12.1. The molecule has 2 N–H and O–H groups in total. The van der Waals surface area contributed by atoms with Crippen LogP contribution in [-0.2, 0) is 4.79 Å². The summed E-state index contributed by atoms with van der Waals surface area (Å²) in [6.45, 7) is 1.99. The number of anilines is 1. The number of aromatic nitrogens is 4. The summed E-state index contributed by atoms with van der Waals surface area (Å²) in [7, 11) is 0. The van der Waals surface area contributed by atoms with Gasteiger partial charge in [0.15, 0.2) is 0 Å². The Labute approximate surface area is 153 Å². The number of phenolic OH excluding ortho intramolecular Hbond substituents is 1. The normalized spacial score (nSPS) is 10.6. The Balaban J connectivity index is 1.66. The van der Waals surface area contributed by atoms with Crippen molar-refractivity contribution in [2.24, 2.45) is 0 Å². The third-order valence-electron chi connectivity index (χ3n) is 3.28. The maximum absolute atomic E-state index is 12.1. The maximum atomic E-state index is 12.1. The van der Waals surface area contributed by atoms with Gasteiger partial charge in [0.25, 0.3) is 0 Å². The van der Waals surface area contributed by atoms with Crippen LogP contribution in [0.3, 0.4) is 0 Å². The van der Waals surface area contributed by atoms with Crippen molar-refractivity contribution in [3.63, 3.8) is 0 Å². The van der Waals surface area contributed by atoms with Gasteiger partial charge in [0, 0.05) is 5.02 Å². The van der Waals surface area contributed by atoms with Gasteiger partial charge in [-0.1, -0.05) is 41.1 Å². The molecule has 0 spiro atoms. The van der Waals surface area contributed by atoms with Gasteiger partial charge in [0.05, 0.1) is 17.1 Å². The molecule has 0 aliphatic rings. The Morgan fingerprint density at radius 1 is 1.28 bits per heavy atom. The van der Waals surface area contributed by atoms with Crippen molar-refractivity contribution >= 4 is 35.0 Å². The minimum Gasteiger partial charge on any atom is -0.506 e. The second-order valence-corrected chi connectivity index (χ2v) is 6.59. The predicted molar refractivity (Wildman–Crippen MR) is 96.4 cm³/mol. The van der Waals surface area contributed by atoms with Crippen molar-refractivity contribution in [3.8, 4) is 11.4 Å². The van der Waals surface area contributed by atoms with E-state index in [1.54, 1.807) is 4.68 Å². The number of aromatic hydroxyl groups is 1. The van der Waals surface area contributed by atoms with E-state index in [0.717, 1.165) is 11.3 Å². The van der Waals surface area contributed by atoms with Crippen LogP contribution in [-0.4, -0.2) is 37.0 Å². The number of hydrogen-bond donors (Lipinski definition) is 2. The Morgan fingerprint density at radius 2 is 2.04 bits per heavy atom. The highest BCUT2D eigenvalue weighted by molar-refractivity contribution is 7.99. The lowest BCUT2D eigenvalue weighted by Gasteiger charge is -2.08. The van der Waals surface area contributed by atoms with Gasteiger partial charge in [-0.05, 0) is 47.7 Å². The minimum atomic E-state index is -0.305. The monoisotopic (exact) mass is 375 g/mol. The number of nitrogens with zero attached hydrogens (tertiary/aromatic N) is 4. The number of nitrogens with one attached hydrogen (secondary N) is 1. The minimum absolute atomic E-state index is 0.0489. The lowest BCUT2D eigenvalue weighted by atomic mass is 10.2. The fraction of sp³-hybridized carbons (Fsp3) is 0.125. The molecule has 3 rings (SSSR count). The van der Waals surface area contributed by atoms with Crippen LogP contribution in [0.4, 0.5) is 5.69 Å². The number of rotatable bonds is 5. The Hall–Kier alpha value is -2.58. The number of halogens is 1. The molecule has 9 heteroatoms. The quantitative estimate of drug-likeness (QED) is 0.526. The van der Waals surface area contributed by atoms with E-state index in [-0.39, 0.29) is 23.1 Å². The summed E-state index contributed by atoms with van der Waals surface area (Å²) < 4.78 is 1.56. The number of aryl methyl sites for hydroxylation is 1. The van der Waals surface area contributed by atoms with E-state index in [1.165, 1.54) is 30.0 Å². The molecule has 0 saturated carbocycles. The molecule has 0 unspecified atom stereocenters. The fourth-order valence-corrected chi connectivity index (χ4v) is 2.90. The lowest BCUT2D eigenvalue weighted by Crippen LogP contribution is -2.14. The third kappa shape index (κ3) is 4.28. The zero-order valence-corrected chi connectivity index (χ0v) is 14.8. The Bertz CT molecular complexity index is 898. The van der Waals surface area contributed by atoms with E-state index in [2.05, 4.69) is 20.8 Å². The summed E-state index contributed by atoms with van der Waals surface area (Å²) in [5.74, 6) is -0.272. The smallest absolute Gasteiger partial charge is 0.234 e. The molecule has 7 nitrogen and oxygen atoms in total. The number of tetrazole rings is 1. The number of thioether (sulfide) groups is 1. The van der Waals surface area contributed by atoms with Crippen LogP contribution in [0.15, 0.2) is 47.6 Å².